The molecule has 2 aliphatic carbocycles. The zero-order valence-electron chi connectivity index (χ0n) is 8.71. The van der Waals surface area contributed by atoms with Gasteiger partial charge < -0.3 is 5.73 Å². The second kappa shape index (κ2) is 3.97. The van der Waals surface area contributed by atoms with Crippen LogP contribution in [0.4, 0.5) is 0 Å². The van der Waals surface area contributed by atoms with Crippen LogP contribution in [-0.4, -0.2) is 30.1 Å². The number of likely N-dealkylation sites (N-methyl/N-ethyl adjacent to an activating group) is 1. The lowest BCUT2D eigenvalue weighted by Gasteiger charge is -2.31. The molecular formula is C11H22N2. The summed E-state index contributed by atoms with van der Waals surface area (Å²) >= 11 is 0. The summed E-state index contributed by atoms with van der Waals surface area (Å²) in [6.45, 7) is 0. The van der Waals surface area contributed by atoms with Crippen molar-refractivity contribution in [1.82, 2.24) is 4.90 Å². The van der Waals surface area contributed by atoms with E-state index in [1.54, 1.807) is 0 Å². The van der Waals surface area contributed by atoms with Gasteiger partial charge in [0.05, 0.1) is 0 Å². The van der Waals surface area contributed by atoms with E-state index in [9.17, 15) is 0 Å². The van der Waals surface area contributed by atoms with Crippen molar-refractivity contribution in [1.29, 1.82) is 0 Å². The van der Waals surface area contributed by atoms with Crippen molar-refractivity contribution in [2.45, 2.75) is 63.1 Å². The molecule has 2 rings (SSSR count). The maximum absolute atomic E-state index is 6.20. The standard InChI is InChI=1S/C11H22N2/c1-13(9-7-8-9)11-6-4-2-3-5-10(11)12/h9-11H,2-8,12H2,1H3. The van der Waals surface area contributed by atoms with E-state index in [2.05, 4.69) is 11.9 Å². The third-order valence-corrected chi connectivity index (χ3v) is 3.68. The van der Waals surface area contributed by atoms with Crippen LogP contribution < -0.4 is 5.73 Å². The van der Waals surface area contributed by atoms with E-state index in [1.807, 2.05) is 0 Å². The lowest BCUT2D eigenvalue weighted by molar-refractivity contribution is 0.192. The van der Waals surface area contributed by atoms with Crippen LogP contribution >= 0.6 is 0 Å². The maximum atomic E-state index is 6.20. The van der Waals surface area contributed by atoms with Crippen molar-refractivity contribution in [2.75, 3.05) is 7.05 Å². The Morgan fingerprint density at radius 2 is 1.69 bits per heavy atom. The largest absolute Gasteiger partial charge is 0.326 e. The van der Waals surface area contributed by atoms with Crippen LogP contribution in [0.2, 0.25) is 0 Å². The molecule has 2 N–H and O–H groups in total. The van der Waals surface area contributed by atoms with E-state index in [1.165, 1.54) is 44.9 Å². The van der Waals surface area contributed by atoms with Crippen LogP contribution in [-0.2, 0) is 0 Å². The van der Waals surface area contributed by atoms with Gasteiger partial charge in [-0.05, 0) is 32.7 Å². The van der Waals surface area contributed by atoms with Gasteiger partial charge in [0, 0.05) is 18.1 Å². The van der Waals surface area contributed by atoms with Crippen molar-refractivity contribution < 1.29 is 0 Å². The molecule has 0 heterocycles. The van der Waals surface area contributed by atoms with Gasteiger partial charge in [-0.1, -0.05) is 19.3 Å². The Labute approximate surface area is 81.5 Å². The summed E-state index contributed by atoms with van der Waals surface area (Å²) in [7, 11) is 2.27. The smallest absolute Gasteiger partial charge is 0.0247 e. The molecule has 2 heteroatoms. The average Bonchev–Trinajstić information content (AvgIpc) is 2.89. The molecular weight excluding hydrogens is 160 g/mol. The minimum atomic E-state index is 0.438. The summed E-state index contributed by atoms with van der Waals surface area (Å²) < 4.78 is 0. The number of hydrogen-bond donors (Lipinski definition) is 1. The zero-order valence-corrected chi connectivity index (χ0v) is 8.71. The van der Waals surface area contributed by atoms with Gasteiger partial charge in [0.2, 0.25) is 0 Å². The third-order valence-electron chi connectivity index (χ3n) is 3.68. The molecule has 0 spiro atoms. The van der Waals surface area contributed by atoms with Crippen LogP contribution in [0.3, 0.4) is 0 Å². The molecule has 2 fully saturated rings. The first-order valence-corrected chi connectivity index (χ1v) is 5.76. The molecule has 0 bridgehead atoms. The third kappa shape index (κ3) is 2.23. The lowest BCUT2D eigenvalue weighted by Crippen LogP contribution is -2.46. The average molecular weight is 182 g/mol. The van der Waals surface area contributed by atoms with Crippen molar-refractivity contribution >= 4 is 0 Å². The molecule has 13 heavy (non-hydrogen) atoms. The second-order valence-corrected chi connectivity index (χ2v) is 4.77. The monoisotopic (exact) mass is 182 g/mol. The van der Waals surface area contributed by atoms with Crippen LogP contribution in [0.25, 0.3) is 0 Å². The molecule has 0 aromatic heterocycles. The molecule has 0 radical (unpaired) electrons. The molecule has 2 unspecified atom stereocenters. The zero-order chi connectivity index (χ0) is 9.26. The Balaban J connectivity index is 1.92. The predicted molar refractivity (Wildman–Crippen MR) is 55.6 cm³/mol. The maximum Gasteiger partial charge on any atom is 0.0247 e. The van der Waals surface area contributed by atoms with Gasteiger partial charge in [-0.25, -0.2) is 0 Å². The van der Waals surface area contributed by atoms with Gasteiger partial charge in [0.15, 0.2) is 0 Å². The topological polar surface area (TPSA) is 29.3 Å². The van der Waals surface area contributed by atoms with Crippen molar-refractivity contribution in [3.63, 3.8) is 0 Å². The second-order valence-electron chi connectivity index (χ2n) is 4.77. The van der Waals surface area contributed by atoms with Gasteiger partial charge >= 0.3 is 0 Å². The van der Waals surface area contributed by atoms with E-state index in [4.69, 9.17) is 5.73 Å². The molecule has 0 aromatic carbocycles. The molecule has 2 nitrogen and oxygen atoms in total. The first-order chi connectivity index (χ1) is 6.29. The Kier molecular flexibility index (Phi) is 2.89. The quantitative estimate of drug-likeness (QED) is 0.659. The Bertz CT molecular complexity index is 165. The Hall–Kier alpha value is -0.0800. The van der Waals surface area contributed by atoms with Crippen molar-refractivity contribution in [3.05, 3.63) is 0 Å². The molecule has 76 valence electrons. The fourth-order valence-electron chi connectivity index (χ4n) is 2.58. The number of nitrogens with zero attached hydrogens (tertiary/aromatic N) is 1. The van der Waals surface area contributed by atoms with Gasteiger partial charge in [-0.15, -0.1) is 0 Å². The van der Waals surface area contributed by atoms with Gasteiger partial charge in [-0.3, -0.25) is 4.90 Å². The van der Waals surface area contributed by atoms with E-state index in [0.717, 1.165) is 6.04 Å². The summed E-state index contributed by atoms with van der Waals surface area (Å²) in [6, 6.07) is 1.98. The molecule has 2 aliphatic rings. The van der Waals surface area contributed by atoms with E-state index >= 15 is 0 Å². The van der Waals surface area contributed by atoms with E-state index in [-0.39, 0.29) is 0 Å². The van der Waals surface area contributed by atoms with Gasteiger partial charge in [0.25, 0.3) is 0 Å². The summed E-state index contributed by atoms with van der Waals surface area (Å²) in [4.78, 5) is 2.55. The highest BCUT2D eigenvalue weighted by atomic mass is 15.2. The normalized spacial score (nSPS) is 36.2. The lowest BCUT2D eigenvalue weighted by atomic mass is 10.0. The predicted octanol–water partition coefficient (Wildman–Crippen LogP) is 1.74. The number of nitrogens with two attached hydrogens (primary N) is 1. The summed E-state index contributed by atoms with van der Waals surface area (Å²) in [6.07, 6.45) is 9.49. The highest BCUT2D eigenvalue weighted by Crippen LogP contribution is 2.31. The molecule has 0 aliphatic heterocycles. The van der Waals surface area contributed by atoms with Crippen LogP contribution in [0.15, 0.2) is 0 Å². The van der Waals surface area contributed by atoms with Crippen molar-refractivity contribution in [3.8, 4) is 0 Å². The van der Waals surface area contributed by atoms with Crippen LogP contribution in [0.1, 0.15) is 44.9 Å². The summed E-state index contributed by atoms with van der Waals surface area (Å²) in [5, 5.41) is 0. The minimum Gasteiger partial charge on any atom is -0.326 e. The molecule has 2 atom stereocenters. The van der Waals surface area contributed by atoms with Crippen LogP contribution in [0.5, 0.6) is 0 Å². The van der Waals surface area contributed by atoms with Gasteiger partial charge in [-0.2, -0.15) is 0 Å². The molecule has 0 amide bonds. The first-order valence-electron chi connectivity index (χ1n) is 5.76. The molecule has 0 aromatic rings. The highest BCUT2D eigenvalue weighted by molar-refractivity contribution is 4.91. The first kappa shape index (κ1) is 9.47. The summed E-state index contributed by atoms with van der Waals surface area (Å²) in [5.41, 5.74) is 6.20. The SMILES string of the molecule is CN(C1CC1)C1CCCCCC1N. The highest BCUT2D eigenvalue weighted by Gasteiger charge is 2.33. The molecule has 2 saturated carbocycles. The van der Waals surface area contributed by atoms with Crippen LogP contribution in [0, 0.1) is 0 Å². The number of rotatable bonds is 2. The number of hydrogen-bond acceptors (Lipinski definition) is 2. The van der Waals surface area contributed by atoms with Crippen molar-refractivity contribution in [2.24, 2.45) is 5.73 Å². The molecule has 0 saturated heterocycles. The van der Waals surface area contributed by atoms with Gasteiger partial charge in [0.1, 0.15) is 0 Å². The fraction of sp³-hybridized carbons (Fsp3) is 1.00. The summed E-state index contributed by atoms with van der Waals surface area (Å²) in [5.74, 6) is 0. The Morgan fingerprint density at radius 3 is 2.38 bits per heavy atom. The minimum absolute atomic E-state index is 0.438. The Morgan fingerprint density at radius 1 is 1.00 bits per heavy atom. The van der Waals surface area contributed by atoms with E-state index in [0.29, 0.717) is 12.1 Å². The van der Waals surface area contributed by atoms with E-state index < -0.39 is 0 Å². The fourth-order valence-corrected chi connectivity index (χ4v) is 2.58.